The Hall–Kier alpha value is -3.60. The SMILES string of the molecule is O=C(O)CC(OC(=O)OCC1c2ccccc2-c2ccccc21)c1ccccc1. The molecule has 1 N–H and O–H groups in total. The Labute approximate surface area is 168 Å². The van der Waals surface area contributed by atoms with Crippen molar-refractivity contribution < 1.29 is 24.2 Å². The fourth-order valence-electron chi connectivity index (χ4n) is 3.79. The Bertz CT molecular complexity index is 983. The lowest BCUT2D eigenvalue weighted by atomic mass is 9.98. The average molecular weight is 388 g/mol. The maximum absolute atomic E-state index is 12.4. The zero-order valence-corrected chi connectivity index (χ0v) is 15.7. The van der Waals surface area contributed by atoms with Gasteiger partial charge in [-0.3, -0.25) is 4.79 Å². The van der Waals surface area contributed by atoms with Gasteiger partial charge in [0.2, 0.25) is 0 Å². The molecule has 1 aliphatic rings. The van der Waals surface area contributed by atoms with E-state index < -0.39 is 18.2 Å². The van der Waals surface area contributed by atoms with Crippen molar-refractivity contribution >= 4 is 12.1 Å². The van der Waals surface area contributed by atoms with Gasteiger partial charge in [0, 0.05) is 5.92 Å². The maximum Gasteiger partial charge on any atom is 0.508 e. The zero-order chi connectivity index (χ0) is 20.2. The van der Waals surface area contributed by atoms with Crippen LogP contribution in [-0.4, -0.2) is 23.8 Å². The van der Waals surface area contributed by atoms with Gasteiger partial charge in [0.25, 0.3) is 0 Å². The fraction of sp³-hybridized carbons (Fsp3) is 0.167. The zero-order valence-electron chi connectivity index (χ0n) is 15.7. The predicted molar refractivity (Wildman–Crippen MR) is 108 cm³/mol. The summed E-state index contributed by atoms with van der Waals surface area (Å²) >= 11 is 0. The third kappa shape index (κ3) is 3.99. The minimum atomic E-state index is -1.05. The molecule has 0 saturated heterocycles. The molecule has 146 valence electrons. The van der Waals surface area contributed by atoms with Crippen molar-refractivity contribution in [1.82, 2.24) is 0 Å². The molecule has 0 heterocycles. The molecule has 5 nitrogen and oxygen atoms in total. The molecule has 3 aromatic carbocycles. The summed E-state index contributed by atoms with van der Waals surface area (Å²) in [4.78, 5) is 23.5. The second-order valence-corrected chi connectivity index (χ2v) is 6.90. The lowest BCUT2D eigenvalue weighted by Gasteiger charge is -2.18. The molecule has 0 radical (unpaired) electrons. The Morgan fingerprint density at radius 3 is 1.97 bits per heavy atom. The van der Waals surface area contributed by atoms with Gasteiger partial charge in [0.15, 0.2) is 0 Å². The molecule has 1 aliphatic carbocycles. The average Bonchev–Trinajstić information content (AvgIpc) is 3.06. The number of rotatable bonds is 6. The Kier molecular flexibility index (Phi) is 5.29. The number of carboxylic acid groups (broad SMARTS) is 1. The third-order valence-electron chi connectivity index (χ3n) is 5.10. The highest BCUT2D eigenvalue weighted by atomic mass is 16.7. The van der Waals surface area contributed by atoms with Gasteiger partial charge < -0.3 is 14.6 Å². The number of carboxylic acids is 1. The van der Waals surface area contributed by atoms with Crippen molar-refractivity contribution in [3.63, 3.8) is 0 Å². The maximum atomic E-state index is 12.4. The van der Waals surface area contributed by atoms with E-state index in [1.54, 1.807) is 24.3 Å². The molecular formula is C24H20O5. The molecule has 0 aliphatic heterocycles. The van der Waals surface area contributed by atoms with E-state index in [-0.39, 0.29) is 18.9 Å². The van der Waals surface area contributed by atoms with E-state index in [0.717, 1.165) is 22.3 Å². The van der Waals surface area contributed by atoms with E-state index in [0.29, 0.717) is 5.56 Å². The molecule has 4 rings (SSSR count). The monoisotopic (exact) mass is 388 g/mol. The first-order valence-electron chi connectivity index (χ1n) is 9.42. The number of hydrogen-bond donors (Lipinski definition) is 1. The first-order valence-corrected chi connectivity index (χ1v) is 9.42. The van der Waals surface area contributed by atoms with Crippen molar-refractivity contribution in [2.45, 2.75) is 18.4 Å². The van der Waals surface area contributed by atoms with Crippen LogP contribution in [0.2, 0.25) is 0 Å². The molecule has 0 saturated carbocycles. The molecular weight excluding hydrogens is 368 g/mol. The summed E-state index contributed by atoms with van der Waals surface area (Å²) in [5.74, 6) is -1.13. The molecule has 1 atom stereocenters. The number of aliphatic carboxylic acids is 1. The van der Waals surface area contributed by atoms with Gasteiger partial charge in [-0.2, -0.15) is 0 Å². The molecule has 0 aromatic heterocycles. The molecule has 3 aromatic rings. The minimum Gasteiger partial charge on any atom is -0.481 e. The van der Waals surface area contributed by atoms with Crippen LogP contribution in [0.3, 0.4) is 0 Å². The lowest BCUT2D eigenvalue weighted by Crippen LogP contribution is -2.18. The molecule has 29 heavy (non-hydrogen) atoms. The van der Waals surface area contributed by atoms with E-state index >= 15 is 0 Å². The summed E-state index contributed by atoms with van der Waals surface area (Å²) < 4.78 is 10.8. The van der Waals surface area contributed by atoms with Gasteiger partial charge in [-0.15, -0.1) is 0 Å². The highest BCUT2D eigenvalue weighted by molar-refractivity contribution is 5.79. The Morgan fingerprint density at radius 1 is 0.828 bits per heavy atom. The van der Waals surface area contributed by atoms with E-state index in [2.05, 4.69) is 12.1 Å². The standard InChI is InChI=1S/C24H20O5/c25-23(26)14-22(16-8-2-1-3-9-16)29-24(27)28-15-21-19-12-6-4-10-17(19)18-11-5-7-13-20(18)21/h1-13,21-22H,14-15H2,(H,25,26). The van der Waals surface area contributed by atoms with Crippen LogP contribution in [0.15, 0.2) is 78.9 Å². The highest BCUT2D eigenvalue weighted by Crippen LogP contribution is 2.44. The van der Waals surface area contributed by atoms with Crippen LogP contribution in [0, 0.1) is 0 Å². The van der Waals surface area contributed by atoms with Gasteiger partial charge in [-0.05, 0) is 27.8 Å². The predicted octanol–water partition coefficient (Wildman–Crippen LogP) is 5.17. The molecule has 0 bridgehead atoms. The molecule has 0 amide bonds. The smallest absolute Gasteiger partial charge is 0.481 e. The third-order valence-corrected chi connectivity index (χ3v) is 5.10. The summed E-state index contributed by atoms with van der Waals surface area (Å²) in [6.07, 6.45) is -2.10. The van der Waals surface area contributed by atoms with E-state index in [1.807, 2.05) is 42.5 Å². The Morgan fingerprint density at radius 2 is 1.38 bits per heavy atom. The quantitative estimate of drug-likeness (QED) is 0.590. The van der Waals surface area contributed by atoms with Gasteiger partial charge >= 0.3 is 12.1 Å². The molecule has 5 heteroatoms. The molecule has 0 fully saturated rings. The van der Waals surface area contributed by atoms with Crippen LogP contribution in [0.1, 0.15) is 35.1 Å². The number of carbonyl (C=O) groups is 2. The topological polar surface area (TPSA) is 72.8 Å². The summed E-state index contributed by atoms with van der Waals surface area (Å²) in [7, 11) is 0. The first-order chi connectivity index (χ1) is 14.1. The first kappa shape index (κ1) is 18.7. The fourth-order valence-corrected chi connectivity index (χ4v) is 3.79. The van der Waals surface area contributed by atoms with Gasteiger partial charge in [0.05, 0.1) is 6.42 Å². The van der Waals surface area contributed by atoms with Crippen molar-refractivity contribution in [3.8, 4) is 11.1 Å². The summed E-state index contributed by atoms with van der Waals surface area (Å²) in [5.41, 5.74) is 5.10. The van der Waals surface area contributed by atoms with Crippen molar-refractivity contribution in [2.75, 3.05) is 6.61 Å². The number of hydrogen-bond acceptors (Lipinski definition) is 4. The van der Waals surface area contributed by atoms with Gasteiger partial charge in [0.1, 0.15) is 12.7 Å². The highest BCUT2D eigenvalue weighted by Gasteiger charge is 2.30. The van der Waals surface area contributed by atoms with E-state index in [4.69, 9.17) is 14.6 Å². The van der Waals surface area contributed by atoms with Gasteiger partial charge in [-0.1, -0.05) is 78.9 Å². The van der Waals surface area contributed by atoms with Crippen molar-refractivity contribution in [1.29, 1.82) is 0 Å². The van der Waals surface area contributed by atoms with Crippen LogP contribution in [0.25, 0.3) is 11.1 Å². The summed E-state index contributed by atoms with van der Waals surface area (Å²) in [6, 6.07) is 24.9. The van der Waals surface area contributed by atoms with Crippen LogP contribution < -0.4 is 0 Å². The Balaban J connectivity index is 1.47. The van der Waals surface area contributed by atoms with Crippen LogP contribution >= 0.6 is 0 Å². The van der Waals surface area contributed by atoms with E-state index in [9.17, 15) is 9.59 Å². The second kappa shape index (κ2) is 8.19. The largest absolute Gasteiger partial charge is 0.508 e. The number of carbonyl (C=O) groups excluding carboxylic acids is 1. The van der Waals surface area contributed by atoms with Crippen LogP contribution in [0.5, 0.6) is 0 Å². The lowest BCUT2D eigenvalue weighted by molar-refractivity contribution is -0.139. The molecule has 0 spiro atoms. The summed E-state index contributed by atoms with van der Waals surface area (Å²) in [6.45, 7) is 0.126. The van der Waals surface area contributed by atoms with Crippen molar-refractivity contribution in [3.05, 3.63) is 95.6 Å². The minimum absolute atomic E-state index is 0.0791. The van der Waals surface area contributed by atoms with Gasteiger partial charge in [-0.25, -0.2) is 4.79 Å². The number of benzene rings is 3. The molecule has 1 unspecified atom stereocenters. The number of fused-ring (bicyclic) bond motifs is 3. The number of ether oxygens (including phenoxy) is 2. The summed E-state index contributed by atoms with van der Waals surface area (Å²) in [5, 5.41) is 9.15. The second-order valence-electron chi connectivity index (χ2n) is 6.90. The van der Waals surface area contributed by atoms with Crippen LogP contribution in [0.4, 0.5) is 4.79 Å². The van der Waals surface area contributed by atoms with Crippen LogP contribution in [-0.2, 0) is 14.3 Å². The normalized spacial score (nSPS) is 13.2. The van der Waals surface area contributed by atoms with Crippen molar-refractivity contribution in [2.24, 2.45) is 0 Å². The van der Waals surface area contributed by atoms with E-state index in [1.165, 1.54) is 0 Å².